The van der Waals surface area contributed by atoms with Crippen molar-refractivity contribution in [2.45, 2.75) is 26.8 Å². The molecule has 0 N–H and O–H groups in total. The number of carbonyl (C=O) groups is 1. The van der Waals surface area contributed by atoms with Crippen molar-refractivity contribution in [2.75, 3.05) is 0 Å². The minimum atomic E-state index is 0.000833. The Labute approximate surface area is 125 Å². The van der Waals surface area contributed by atoms with Crippen LogP contribution in [0.15, 0.2) is 28.7 Å². The van der Waals surface area contributed by atoms with Gasteiger partial charge in [-0.2, -0.15) is 5.10 Å². The minimum absolute atomic E-state index is 0.000833. The predicted molar refractivity (Wildman–Crippen MR) is 79.8 cm³/mol. The first-order chi connectivity index (χ1) is 9.02. The summed E-state index contributed by atoms with van der Waals surface area (Å²) in [6, 6.07) is 7.31. The highest BCUT2D eigenvalue weighted by Gasteiger charge is 2.15. The SMILES string of the molecule is CCn1nc(C)cc1CC(=O)c1cccc(Br)c1Cl. The van der Waals surface area contributed by atoms with E-state index >= 15 is 0 Å². The number of hydrogen-bond donors (Lipinski definition) is 0. The molecular weight excluding hydrogens is 328 g/mol. The molecule has 0 spiro atoms. The molecule has 2 aromatic rings. The number of aryl methyl sites for hydroxylation is 2. The van der Waals surface area contributed by atoms with Gasteiger partial charge in [0.15, 0.2) is 5.78 Å². The summed E-state index contributed by atoms with van der Waals surface area (Å²) < 4.78 is 2.58. The molecule has 0 aliphatic heterocycles. The summed E-state index contributed by atoms with van der Waals surface area (Å²) in [5.74, 6) is 0.000833. The van der Waals surface area contributed by atoms with Gasteiger partial charge in [-0.3, -0.25) is 9.48 Å². The van der Waals surface area contributed by atoms with Crippen molar-refractivity contribution < 1.29 is 4.79 Å². The molecule has 5 heteroatoms. The van der Waals surface area contributed by atoms with Gasteiger partial charge in [0.25, 0.3) is 0 Å². The fourth-order valence-corrected chi connectivity index (χ4v) is 2.59. The van der Waals surface area contributed by atoms with Crippen molar-refractivity contribution in [1.29, 1.82) is 0 Å². The molecule has 0 saturated carbocycles. The summed E-state index contributed by atoms with van der Waals surface area (Å²) in [6.07, 6.45) is 0.310. The molecule has 100 valence electrons. The fraction of sp³-hybridized carbons (Fsp3) is 0.286. The van der Waals surface area contributed by atoms with Gasteiger partial charge in [-0.15, -0.1) is 0 Å². The van der Waals surface area contributed by atoms with Gasteiger partial charge in [-0.25, -0.2) is 0 Å². The van der Waals surface area contributed by atoms with Crippen LogP contribution in [0.3, 0.4) is 0 Å². The third kappa shape index (κ3) is 3.07. The Morgan fingerprint density at radius 3 is 2.89 bits per heavy atom. The van der Waals surface area contributed by atoms with Crippen LogP contribution in [0.25, 0.3) is 0 Å². The molecule has 0 aliphatic rings. The molecule has 1 aromatic carbocycles. The van der Waals surface area contributed by atoms with E-state index in [9.17, 15) is 4.79 Å². The van der Waals surface area contributed by atoms with Crippen LogP contribution < -0.4 is 0 Å². The van der Waals surface area contributed by atoms with E-state index in [-0.39, 0.29) is 5.78 Å². The maximum Gasteiger partial charge on any atom is 0.170 e. The normalized spacial score (nSPS) is 10.7. The molecule has 19 heavy (non-hydrogen) atoms. The number of ketones is 1. The molecule has 0 saturated heterocycles. The number of carbonyl (C=O) groups excluding carboxylic acids is 1. The average molecular weight is 342 g/mol. The summed E-state index contributed by atoms with van der Waals surface area (Å²) in [4.78, 5) is 12.3. The van der Waals surface area contributed by atoms with Crippen molar-refractivity contribution in [1.82, 2.24) is 9.78 Å². The number of Topliss-reactive ketones (excluding diaryl/α,β-unsaturated/α-hetero) is 1. The van der Waals surface area contributed by atoms with Gasteiger partial charge in [0.1, 0.15) is 0 Å². The maximum absolute atomic E-state index is 12.3. The minimum Gasteiger partial charge on any atom is -0.294 e. The zero-order valence-electron chi connectivity index (χ0n) is 10.8. The standard InChI is InChI=1S/C14H14BrClN2O/c1-3-18-10(7-9(2)17-18)8-13(19)11-5-4-6-12(15)14(11)16/h4-7H,3,8H2,1-2H3. The molecular formula is C14H14BrClN2O. The van der Waals surface area contributed by atoms with E-state index < -0.39 is 0 Å². The summed E-state index contributed by atoms with van der Waals surface area (Å²) in [5.41, 5.74) is 2.38. The Bertz CT molecular complexity index is 622. The van der Waals surface area contributed by atoms with Crippen LogP contribution >= 0.6 is 27.5 Å². The van der Waals surface area contributed by atoms with E-state index in [1.807, 2.05) is 36.7 Å². The third-order valence-corrected chi connectivity index (χ3v) is 4.18. The molecule has 0 radical (unpaired) electrons. The second-order valence-electron chi connectivity index (χ2n) is 4.29. The lowest BCUT2D eigenvalue weighted by Crippen LogP contribution is -2.10. The van der Waals surface area contributed by atoms with Crippen LogP contribution in [-0.4, -0.2) is 15.6 Å². The number of halogens is 2. The highest BCUT2D eigenvalue weighted by Crippen LogP contribution is 2.27. The van der Waals surface area contributed by atoms with Crippen molar-refractivity contribution in [3.05, 3.63) is 50.7 Å². The molecule has 2 rings (SSSR count). The summed E-state index contributed by atoms with van der Waals surface area (Å²) in [7, 11) is 0. The predicted octanol–water partition coefficient (Wildman–Crippen LogP) is 4.05. The van der Waals surface area contributed by atoms with Gasteiger partial charge < -0.3 is 0 Å². The van der Waals surface area contributed by atoms with Gasteiger partial charge in [0, 0.05) is 22.3 Å². The lowest BCUT2D eigenvalue weighted by Gasteiger charge is -2.06. The maximum atomic E-state index is 12.3. The van der Waals surface area contributed by atoms with E-state index in [4.69, 9.17) is 11.6 Å². The lowest BCUT2D eigenvalue weighted by molar-refractivity contribution is 0.0990. The zero-order chi connectivity index (χ0) is 14.0. The van der Waals surface area contributed by atoms with Crippen LogP contribution in [0, 0.1) is 6.92 Å². The van der Waals surface area contributed by atoms with Crippen LogP contribution in [0.5, 0.6) is 0 Å². The summed E-state index contributed by atoms with van der Waals surface area (Å²) in [6.45, 7) is 4.68. The van der Waals surface area contributed by atoms with E-state index in [1.54, 1.807) is 6.07 Å². The molecule has 1 aromatic heterocycles. The van der Waals surface area contributed by atoms with Crippen molar-refractivity contribution in [3.63, 3.8) is 0 Å². The Hall–Kier alpha value is -1.13. The Morgan fingerprint density at radius 2 is 2.21 bits per heavy atom. The summed E-state index contributed by atoms with van der Waals surface area (Å²) in [5, 5.41) is 4.80. The van der Waals surface area contributed by atoms with Crippen LogP contribution in [-0.2, 0) is 13.0 Å². The second-order valence-corrected chi connectivity index (χ2v) is 5.53. The second kappa shape index (κ2) is 5.88. The van der Waals surface area contributed by atoms with Crippen LogP contribution in [0.2, 0.25) is 5.02 Å². The molecule has 0 amide bonds. The molecule has 0 atom stereocenters. The molecule has 1 heterocycles. The highest BCUT2D eigenvalue weighted by atomic mass is 79.9. The quantitative estimate of drug-likeness (QED) is 0.786. The highest BCUT2D eigenvalue weighted by molar-refractivity contribution is 9.10. The van der Waals surface area contributed by atoms with Gasteiger partial charge in [0.05, 0.1) is 17.1 Å². The van der Waals surface area contributed by atoms with Gasteiger partial charge >= 0.3 is 0 Å². The van der Waals surface area contributed by atoms with Crippen LogP contribution in [0.4, 0.5) is 0 Å². The van der Waals surface area contributed by atoms with E-state index in [1.165, 1.54) is 0 Å². The average Bonchev–Trinajstić information content (AvgIpc) is 2.72. The molecule has 0 aliphatic carbocycles. The number of rotatable bonds is 4. The van der Waals surface area contributed by atoms with E-state index in [0.29, 0.717) is 17.0 Å². The molecule has 0 bridgehead atoms. The van der Waals surface area contributed by atoms with Crippen LogP contribution in [0.1, 0.15) is 28.7 Å². The molecule has 0 fully saturated rings. The number of nitrogens with zero attached hydrogens (tertiary/aromatic N) is 2. The molecule has 3 nitrogen and oxygen atoms in total. The summed E-state index contributed by atoms with van der Waals surface area (Å²) >= 11 is 9.47. The Kier molecular flexibility index (Phi) is 4.42. The Morgan fingerprint density at radius 1 is 1.47 bits per heavy atom. The first-order valence-corrected chi connectivity index (χ1v) is 7.20. The van der Waals surface area contributed by atoms with Crippen molar-refractivity contribution >= 4 is 33.3 Å². The number of benzene rings is 1. The Balaban J connectivity index is 2.28. The monoisotopic (exact) mass is 340 g/mol. The lowest BCUT2D eigenvalue weighted by atomic mass is 10.1. The topological polar surface area (TPSA) is 34.9 Å². The van der Waals surface area contributed by atoms with Crippen molar-refractivity contribution in [3.8, 4) is 0 Å². The first-order valence-electron chi connectivity index (χ1n) is 6.03. The van der Waals surface area contributed by atoms with Gasteiger partial charge in [0.2, 0.25) is 0 Å². The first kappa shape index (κ1) is 14.3. The zero-order valence-corrected chi connectivity index (χ0v) is 13.1. The number of hydrogen-bond acceptors (Lipinski definition) is 2. The smallest absolute Gasteiger partial charge is 0.170 e. The van der Waals surface area contributed by atoms with E-state index in [2.05, 4.69) is 21.0 Å². The van der Waals surface area contributed by atoms with Gasteiger partial charge in [-0.1, -0.05) is 17.7 Å². The van der Waals surface area contributed by atoms with E-state index in [0.717, 1.165) is 22.4 Å². The number of aromatic nitrogens is 2. The third-order valence-electron chi connectivity index (χ3n) is 2.88. The molecule has 0 unspecified atom stereocenters. The van der Waals surface area contributed by atoms with Crippen molar-refractivity contribution in [2.24, 2.45) is 0 Å². The largest absolute Gasteiger partial charge is 0.294 e. The van der Waals surface area contributed by atoms with Gasteiger partial charge in [-0.05, 0) is 48.0 Å². The fourth-order valence-electron chi connectivity index (χ4n) is 1.99.